The number of nitrogens with zero attached hydrogens (tertiary/aromatic N) is 1. The van der Waals surface area contributed by atoms with Crippen LogP contribution in [0.3, 0.4) is 0 Å². The van der Waals surface area contributed by atoms with Crippen molar-refractivity contribution in [2.75, 3.05) is 13.1 Å². The standard InChI is InChI=1S/C10H16N4O.ClH/c1-7-6-11-4-2-8(7)13-10(15)9-3-5-12-14-9;/h3,5,7-8,11H,2,4,6H2,1H3,(H,12,14)(H,13,15);1H. The van der Waals surface area contributed by atoms with Crippen molar-refractivity contribution in [1.82, 2.24) is 20.8 Å². The van der Waals surface area contributed by atoms with Gasteiger partial charge in [-0.3, -0.25) is 9.89 Å². The van der Waals surface area contributed by atoms with Gasteiger partial charge in [0.05, 0.1) is 0 Å². The number of nitrogens with one attached hydrogen (secondary N) is 3. The van der Waals surface area contributed by atoms with Gasteiger partial charge in [-0.05, 0) is 31.5 Å². The quantitative estimate of drug-likeness (QED) is 0.712. The molecule has 0 saturated carbocycles. The summed E-state index contributed by atoms with van der Waals surface area (Å²) < 4.78 is 0. The lowest BCUT2D eigenvalue weighted by molar-refractivity contribution is 0.0909. The maximum atomic E-state index is 11.7. The Morgan fingerprint density at radius 1 is 1.62 bits per heavy atom. The summed E-state index contributed by atoms with van der Waals surface area (Å²) in [6.45, 7) is 4.08. The van der Waals surface area contributed by atoms with Crippen LogP contribution in [0.1, 0.15) is 23.8 Å². The molecule has 90 valence electrons. The van der Waals surface area contributed by atoms with Crippen LogP contribution in [-0.4, -0.2) is 35.2 Å². The number of hydrogen-bond acceptors (Lipinski definition) is 3. The molecule has 2 atom stereocenters. The van der Waals surface area contributed by atoms with E-state index >= 15 is 0 Å². The maximum absolute atomic E-state index is 11.7. The summed E-state index contributed by atoms with van der Waals surface area (Å²) in [5.74, 6) is 0.414. The number of aromatic amines is 1. The van der Waals surface area contributed by atoms with Crippen LogP contribution in [0, 0.1) is 5.92 Å². The first-order valence-electron chi connectivity index (χ1n) is 5.28. The average Bonchev–Trinajstić information content (AvgIpc) is 2.74. The molecule has 0 aromatic carbocycles. The highest BCUT2D eigenvalue weighted by molar-refractivity contribution is 5.92. The third-order valence-electron chi connectivity index (χ3n) is 2.85. The Morgan fingerprint density at radius 2 is 2.44 bits per heavy atom. The minimum absolute atomic E-state index is 0. The molecule has 0 aliphatic carbocycles. The van der Waals surface area contributed by atoms with Gasteiger partial charge in [0.15, 0.2) is 0 Å². The fourth-order valence-corrected chi connectivity index (χ4v) is 1.86. The lowest BCUT2D eigenvalue weighted by Crippen LogP contribution is -2.48. The molecule has 2 rings (SSSR count). The molecule has 0 bridgehead atoms. The normalized spacial score (nSPS) is 24.6. The van der Waals surface area contributed by atoms with Crippen LogP contribution in [0.4, 0.5) is 0 Å². The van der Waals surface area contributed by atoms with E-state index in [4.69, 9.17) is 0 Å². The highest BCUT2D eigenvalue weighted by Gasteiger charge is 2.23. The van der Waals surface area contributed by atoms with Gasteiger partial charge in [0.25, 0.3) is 5.91 Å². The lowest BCUT2D eigenvalue weighted by Gasteiger charge is -2.29. The predicted molar refractivity (Wildman–Crippen MR) is 63.7 cm³/mol. The molecule has 5 nitrogen and oxygen atoms in total. The number of carbonyl (C=O) groups is 1. The van der Waals surface area contributed by atoms with Crippen molar-refractivity contribution in [3.63, 3.8) is 0 Å². The zero-order valence-electron chi connectivity index (χ0n) is 9.19. The summed E-state index contributed by atoms with van der Waals surface area (Å²) in [6, 6.07) is 1.95. The Morgan fingerprint density at radius 3 is 3.06 bits per heavy atom. The molecule has 1 aromatic rings. The number of halogens is 1. The minimum Gasteiger partial charge on any atom is -0.348 e. The fourth-order valence-electron chi connectivity index (χ4n) is 1.86. The Hall–Kier alpha value is -1.07. The van der Waals surface area contributed by atoms with E-state index in [2.05, 4.69) is 27.8 Å². The van der Waals surface area contributed by atoms with Gasteiger partial charge in [0, 0.05) is 12.2 Å². The molecule has 0 radical (unpaired) electrons. The first-order valence-corrected chi connectivity index (χ1v) is 5.28. The number of carbonyl (C=O) groups excluding carboxylic acids is 1. The molecule has 1 aromatic heterocycles. The second kappa shape index (κ2) is 5.86. The topological polar surface area (TPSA) is 69.8 Å². The van der Waals surface area contributed by atoms with Crippen molar-refractivity contribution in [3.05, 3.63) is 18.0 Å². The van der Waals surface area contributed by atoms with Crippen LogP contribution in [0.25, 0.3) is 0 Å². The SMILES string of the molecule is CC1CNCCC1NC(=O)c1ccn[nH]1.Cl. The van der Waals surface area contributed by atoms with E-state index in [0.717, 1.165) is 19.5 Å². The van der Waals surface area contributed by atoms with Crippen LogP contribution in [0.2, 0.25) is 0 Å². The predicted octanol–water partition coefficient (Wildman–Crippen LogP) is 0.559. The summed E-state index contributed by atoms with van der Waals surface area (Å²) >= 11 is 0. The van der Waals surface area contributed by atoms with Crippen LogP contribution in [0.15, 0.2) is 12.3 Å². The molecule has 1 saturated heterocycles. The second-order valence-electron chi connectivity index (χ2n) is 4.02. The molecule has 1 aliphatic heterocycles. The van der Waals surface area contributed by atoms with Crippen molar-refractivity contribution in [1.29, 1.82) is 0 Å². The van der Waals surface area contributed by atoms with Crippen molar-refractivity contribution < 1.29 is 4.79 Å². The molecule has 2 heterocycles. The largest absolute Gasteiger partial charge is 0.348 e. The summed E-state index contributed by atoms with van der Waals surface area (Å²) in [4.78, 5) is 11.7. The molecular weight excluding hydrogens is 228 g/mol. The van der Waals surface area contributed by atoms with Crippen molar-refractivity contribution in [2.24, 2.45) is 5.92 Å². The van der Waals surface area contributed by atoms with E-state index in [1.807, 2.05) is 0 Å². The maximum Gasteiger partial charge on any atom is 0.269 e. The minimum atomic E-state index is -0.0637. The number of hydrogen-bond donors (Lipinski definition) is 3. The molecule has 2 unspecified atom stereocenters. The highest BCUT2D eigenvalue weighted by Crippen LogP contribution is 2.10. The van der Waals surface area contributed by atoms with E-state index in [9.17, 15) is 4.79 Å². The third-order valence-corrected chi connectivity index (χ3v) is 2.85. The molecule has 1 fully saturated rings. The Kier molecular flexibility index (Phi) is 4.76. The van der Waals surface area contributed by atoms with E-state index in [1.54, 1.807) is 12.3 Å². The van der Waals surface area contributed by atoms with Gasteiger partial charge in [0.1, 0.15) is 5.69 Å². The highest BCUT2D eigenvalue weighted by atomic mass is 35.5. The van der Waals surface area contributed by atoms with Gasteiger partial charge < -0.3 is 10.6 Å². The Bertz CT molecular complexity index is 328. The van der Waals surface area contributed by atoms with Crippen LogP contribution in [-0.2, 0) is 0 Å². The van der Waals surface area contributed by atoms with Gasteiger partial charge in [-0.2, -0.15) is 5.10 Å². The van der Waals surface area contributed by atoms with Gasteiger partial charge in [-0.25, -0.2) is 0 Å². The summed E-state index contributed by atoms with van der Waals surface area (Å²) in [6.07, 6.45) is 2.57. The smallest absolute Gasteiger partial charge is 0.269 e. The van der Waals surface area contributed by atoms with Gasteiger partial charge >= 0.3 is 0 Å². The molecule has 16 heavy (non-hydrogen) atoms. The average molecular weight is 245 g/mol. The Balaban J connectivity index is 0.00000128. The van der Waals surface area contributed by atoms with Crippen molar-refractivity contribution in [2.45, 2.75) is 19.4 Å². The molecule has 3 N–H and O–H groups in total. The van der Waals surface area contributed by atoms with Gasteiger partial charge in [-0.1, -0.05) is 6.92 Å². The number of amides is 1. The molecule has 6 heteroatoms. The first-order chi connectivity index (χ1) is 7.27. The van der Waals surface area contributed by atoms with Crippen molar-refractivity contribution in [3.8, 4) is 0 Å². The van der Waals surface area contributed by atoms with E-state index in [-0.39, 0.29) is 24.4 Å². The second-order valence-corrected chi connectivity index (χ2v) is 4.02. The third kappa shape index (κ3) is 2.96. The molecule has 0 spiro atoms. The van der Waals surface area contributed by atoms with E-state index in [1.165, 1.54) is 0 Å². The molecular formula is C10H17ClN4O. The van der Waals surface area contributed by atoms with Crippen LogP contribution in [0.5, 0.6) is 0 Å². The van der Waals surface area contributed by atoms with Crippen LogP contribution < -0.4 is 10.6 Å². The number of aromatic nitrogens is 2. The van der Waals surface area contributed by atoms with Crippen LogP contribution >= 0.6 is 12.4 Å². The number of rotatable bonds is 2. The summed E-state index contributed by atoms with van der Waals surface area (Å²) in [5.41, 5.74) is 0.528. The number of piperidine rings is 1. The Labute approximate surface area is 101 Å². The number of H-pyrrole nitrogens is 1. The van der Waals surface area contributed by atoms with Gasteiger partial charge in [-0.15, -0.1) is 12.4 Å². The molecule has 1 amide bonds. The lowest BCUT2D eigenvalue weighted by atomic mass is 9.95. The van der Waals surface area contributed by atoms with Crippen molar-refractivity contribution >= 4 is 18.3 Å². The van der Waals surface area contributed by atoms with E-state index in [0.29, 0.717) is 11.6 Å². The first kappa shape index (κ1) is 13.0. The summed E-state index contributed by atoms with van der Waals surface area (Å²) in [5, 5.41) is 12.7. The van der Waals surface area contributed by atoms with E-state index < -0.39 is 0 Å². The zero-order valence-corrected chi connectivity index (χ0v) is 10.0. The molecule has 1 aliphatic rings. The fraction of sp³-hybridized carbons (Fsp3) is 0.600. The zero-order chi connectivity index (χ0) is 10.7. The van der Waals surface area contributed by atoms with Gasteiger partial charge in [0.2, 0.25) is 0 Å². The summed E-state index contributed by atoms with van der Waals surface area (Å²) in [7, 11) is 0. The monoisotopic (exact) mass is 244 g/mol.